The summed E-state index contributed by atoms with van der Waals surface area (Å²) in [7, 11) is 0. The Kier molecular flexibility index (Phi) is 4.42. The fourth-order valence-corrected chi connectivity index (χ4v) is 2.51. The van der Waals surface area contributed by atoms with Crippen molar-refractivity contribution in [2.24, 2.45) is 0 Å². The highest BCUT2D eigenvalue weighted by Gasteiger charge is 2.11. The quantitative estimate of drug-likeness (QED) is 0.882. The number of nitriles is 1. The molecular formula is C16H15ClN4O. The van der Waals surface area contributed by atoms with Crippen molar-refractivity contribution in [1.29, 1.82) is 5.26 Å². The summed E-state index contributed by atoms with van der Waals surface area (Å²) in [6, 6.07) is 11.8. The maximum atomic E-state index is 9.11. The lowest BCUT2D eigenvalue weighted by Gasteiger charge is -2.29. The molecule has 5 nitrogen and oxygen atoms in total. The lowest BCUT2D eigenvalue weighted by molar-refractivity contribution is 0.122. The monoisotopic (exact) mass is 314 g/mol. The standard InChI is InChI=1S/C16H15ClN4O/c17-16-9-15(12(10-18)11-19-16)20-13-1-3-14(4-2-13)21-5-7-22-8-6-21/h1-4,9,11H,5-8H2,(H,19,20). The number of pyridine rings is 1. The number of aromatic nitrogens is 1. The van der Waals surface area contributed by atoms with Gasteiger partial charge in [-0.3, -0.25) is 0 Å². The van der Waals surface area contributed by atoms with Gasteiger partial charge in [0.05, 0.1) is 24.5 Å². The van der Waals surface area contributed by atoms with E-state index in [1.54, 1.807) is 6.07 Å². The lowest BCUT2D eigenvalue weighted by Crippen LogP contribution is -2.36. The van der Waals surface area contributed by atoms with Crippen LogP contribution in [0.3, 0.4) is 0 Å². The van der Waals surface area contributed by atoms with E-state index in [1.165, 1.54) is 11.9 Å². The molecule has 1 aliphatic rings. The predicted molar refractivity (Wildman–Crippen MR) is 86.7 cm³/mol. The summed E-state index contributed by atoms with van der Waals surface area (Å²) in [4.78, 5) is 6.20. The lowest BCUT2D eigenvalue weighted by atomic mass is 10.2. The average molecular weight is 315 g/mol. The molecule has 1 aromatic heterocycles. The molecule has 0 saturated carbocycles. The summed E-state index contributed by atoms with van der Waals surface area (Å²) < 4.78 is 5.36. The van der Waals surface area contributed by atoms with Crippen LogP contribution < -0.4 is 10.2 Å². The van der Waals surface area contributed by atoms with Crippen LogP contribution in [0.15, 0.2) is 36.5 Å². The fourth-order valence-electron chi connectivity index (χ4n) is 2.36. The minimum absolute atomic E-state index is 0.353. The Morgan fingerprint density at radius 3 is 2.64 bits per heavy atom. The number of nitrogens with zero attached hydrogens (tertiary/aromatic N) is 3. The van der Waals surface area contributed by atoms with E-state index in [4.69, 9.17) is 21.6 Å². The first-order chi connectivity index (χ1) is 10.8. The van der Waals surface area contributed by atoms with Gasteiger partial charge < -0.3 is 15.0 Å². The molecular weight excluding hydrogens is 300 g/mol. The van der Waals surface area contributed by atoms with Gasteiger partial charge >= 0.3 is 0 Å². The summed E-state index contributed by atoms with van der Waals surface area (Å²) >= 11 is 5.89. The zero-order chi connectivity index (χ0) is 15.4. The summed E-state index contributed by atoms with van der Waals surface area (Å²) in [5.41, 5.74) is 3.18. The van der Waals surface area contributed by atoms with E-state index in [0.29, 0.717) is 16.4 Å². The van der Waals surface area contributed by atoms with Crippen LogP contribution in [0.4, 0.5) is 17.1 Å². The molecule has 0 aliphatic carbocycles. The third-order valence-electron chi connectivity index (χ3n) is 3.51. The molecule has 2 aromatic rings. The van der Waals surface area contributed by atoms with Gasteiger partial charge in [0.25, 0.3) is 0 Å². The Hall–Kier alpha value is -2.29. The highest BCUT2D eigenvalue weighted by atomic mass is 35.5. The number of rotatable bonds is 3. The van der Waals surface area contributed by atoms with Crippen LogP contribution in [0.1, 0.15) is 5.56 Å². The van der Waals surface area contributed by atoms with Crippen LogP contribution in [-0.4, -0.2) is 31.3 Å². The van der Waals surface area contributed by atoms with Crippen molar-refractivity contribution in [1.82, 2.24) is 4.98 Å². The molecule has 0 spiro atoms. The largest absolute Gasteiger partial charge is 0.378 e. The van der Waals surface area contributed by atoms with E-state index in [1.807, 2.05) is 12.1 Å². The smallest absolute Gasteiger partial charge is 0.131 e. The number of nitrogens with one attached hydrogen (secondary N) is 1. The van der Waals surface area contributed by atoms with Crippen molar-refractivity contribution in [3.63, 3.8) is 0 Å². The Morgan fingerprint density at radius 1 is 1.23 bits per heavy atom. The molecule has 0 amide bonds. The van der Waals surface area contributed by atoms with Crippen LogP contribution in [0.2, 0.25) is 5.15 Å². The molecule has 1 saturated heterocycles. The Morgan fingerprint density at radius 2 is 1.95 bits per heavy atom. The van der Waals surface area contributed by atoms with Gasteiger partial charge in [0, 0.05) is 36.7 Å². The number of anilines is 3. The number of morpholine rings is 1. The van der Waals surface area contributed by atoms with Crippen molar-refractivity contribution < 1.29 is 4.74 Å². The first-order valence-corrected chi connectivity index (χ1v) is 7.39. The van der Waals surface area contributed by atoms with Crippen LogP contribution in [-0.2, 0) is 4.74 Å². The molecule has 0 unspecified atom stereocenters. The Labute approximate surface area is 134 Å². The second-order valence-corrected chi connectivity index (χ2v) is 5.32. The van der Waals surface area contributed by atoms with Gasteiger partial charge in [-0.2, -0.15) is 5.26 Å². The van der Waals surface area contributed by atoms with Crippen LogP contribution in [0, 0.1) is 11.3 Å². The Bertz CT molecular complexity index is 690. The topological polar surface area (TPSA) is 61.2 Å². The molecule has 112 valence electrons. The second kappa shape index (κ2) is 6.65. The average Bonchev–Trinajstić information content (AvgIpc) is 2.57. The molecule has 22 heavy (non-hydrogen) atoms. The van der Waals surface area contributed by atoms with Gasteiger partial charge in [-0.1, -0.05) is 11.6 Å². The fraction of sp³-hybridized carbons (Fsp3) is 0.250. The van der Waals surface area contributed by atoms with E-state index in [2.05, 4.69) is 33.4 Å². The van der Waals surface area contributed by atoms with Gasteiger partial charge in [0.15, 0.2) is 0 Å². The maximum absolute atomic E-state index is 9.11. The van der Waals surface area contributed by atoms with E-state index in [0.717, 1.165) is 32.0 Å². The van der Waals surface area contributed by atoms with E-state index in [9.17, 15) is 0 Å². The molecule has 0 radical (unpaired) electrons. The molecule has 1 aromatic carbocycles. The van der Waals surface area contributed by atoms with E-state index in [-0.39, 0.29) is 0 Å². The molecule has 0 atom stereocenters. The van der Waals surface area contributed by atoms with Crippen molar-refractivity contribution in [2.75, 3.05) is 36.5 Å². The molecule has 2 heterocycles. The van der Waals surface area contributed by atoms with E-state index < -0.39 is 0 Å². The zero-order valence-electron chi connectivity index (χ0n) is 11.9. The van der Waals surface area contributed by atoms with Gasteiger partial charge in [0.2, 0.25) is 0 Å². The molecule has 1 aliphatic heterocycles. The molecule has 3 rings (SSSR count). The van der Waals surface area contributed by atoms with Crippen molar-refractivity contribution >= 4 is 28.7 Å². The van der Waals surface area contributed by atoms with Gasteiger partial charge in [0.1, 0.15) is 11.2 Å². The SMILES string of the molecule is N#Cc1cnc(Cl)cc1Nc1ccc(N2CCOCC2)cc1. The van der Waals surface area contributed by atoms with E-state index >= 15 is 0 Å². The van der Waals surface area contributed by atoms with Crippen molar-refractivity contribution in [3.05, 3.63) is 47.2 Å². The van der Waals surface area contributed by atoms with Crippen LogP contribution in [0.5, 0.6) is 0 Å². The van der Waals surface area contributed by atoms with Crippen molar-refractivity contribution in [3.8, 4) is 6.07 Å². The first kappa shape index (κ1) is 14.6. The summed E-state index contributed by atoms with van der Waals surface area (Å²) in [6.45, 7) is 3.35. The highest BCUT2D eigenvalue weighted by Crippen LogP contribution is 2.25. The minimum atomic E-state index is 0.353. The number of halogens is 1. The number of ether oxygens (including phenoxy) is 1. The summed E-state index contributed by atoms with van der Waals surface area (Å²) in [5, 5.41) is 12.7. The summed E-state index contributed by atoms with van der Waals surface area (Å²) in [6.07, 6.45) is 1.47. The predicted octanol–water partition coefficient (Wildman–Crippen LogP) is 3.19. The number of hydrogen-bond donors (Lipinski definition) is 1. The van der Waals surface area contributed by atoms with Gasteiger partial charge in [-0.05, 0) is 24.3 Å². The first-order valence-electron chi connectivity index (χ1n) is 7.02. The zero-order valence-corrected chi connectivity index (χ0v) is 12.7. The normalized spacial score (nSPS) is 14.5. The molecule has 1 N–H and O–H groups in total. The molecule has 1 fully saturated rings. The summed E-state index contributed by atoms with van der Waals surface area (Å²) in [5.74, 6) is 0. The Balaban J connectivity index is 1.76. The van der Waals surface area contributed by atoms with Crippen LogP contribution >= 0.6 is 11.6 Å². The third-order valence-corrected chi connectivity index (χ3v) is 3.72. The maximum Gasteiger partial charge on any atom is 0.131 e. The number of hydrogen-bond acceptors (Lipinski definition) is 5. The molecule has 0 bridgehead atoms. The molecule has 6 heteroatoms. The highest BCUT2D eigenvalue weighted by molar-refractivity contribution is 6.29. The van der Waals surface area contributed by atoms with Gasteiger partial charge in [-0.25, -0.2) is 4.98 Å². The van der Waals surface area contributed by atoms with Gasteiger partial charge in [-0.15, -0.1) is 0 Å². The second-order valence-electron chi connectivity index (χ2n) is 4.94. The van der Waals surface area contributed by atoms with Crippen molar-refractivity contribution in [2.45, 2.75) is 0 Å². The minimum Gasteiger partial charge on any atom is -0.378 e. The third kappa shape index (κ3) is 3.30. The number of benzene rings is 1. The van der Waals surface area contributed by atoms with Crippen LogP contribution in [0.25, 0.3) is 0 Å².